The third-order valence-electron chi connectivity index (χ3n) is 2.31. The molecule has 0 spiro atoms. The monoisotopic (exact) mass is 279 g/mol. The first kappa shape index (κ1) is 15.2. The van der Waals surface area contributed by atoms with E-state index in [-0.39, 0.29) is 5.75 Å². The Balaban J connectivity index is 2.63. The molecule has 1 amide bonds. The number of phenols is 1. The average molecular weight is 279 g/mol. The summed E-state index contributed by atoms with van der Waals surface area (Å²) in [6, 6.07) is 4.50. The molecule has 0 aromatic heterocycles. The molecule has 1 aromatic carbocycles. The zero-order chi connectivity index (χ0) is 15.1. The van der Waals surface area contributed by atoms with E-state index in [4.69, 9.17) is 15.3 Å². The van der Waals surface area contributed by atoms with Crippen LogP contribution in [0.15, 0.2) is 30.3 Å². The zero-order valence-corrected chi connectivity index (χ0v) is 10.3. The summed E-state index contributed by atoms with van der Waals surface area (Å²) in [6.45, 7) is 0. The van der Waals surface area contributed by atoms with Crippen LogP contribution in [0.5, 0.6) is 5.75 Å². The molecule has 7 nitrogen and oxygen atoms in total. The van der Waals surface area contributed by atoms with Gasteiger partial charge in [-0.1, -0.05) is 12.1 Å². The van der Waals surface area contributed by atoms with E-state index in [1.165, 1.54) is 18.2 Å². The second-order valence-electron chi connectivity index (χ2n) is 3.92. The van der Waals surface area contributed by atoms with Crippen LogP contribution in [0.25, 0.3) is 6.08 Å². The van der Waals surface area contributed by atoms with Gasteiger partial charge in [0.1, 0.15) is 11.8 Å². The number of aromatic hydroxyl groups is 1. The molecule has 20 heavy (non-hydrogen) atoms. The van der Waals surface area contributed by atoms with Gasteiger partial charge in [0, 0.05) is 6.08 Å². The summed E-state index contributed by atoms with van der Waals surface area (Å²) < 4.78 is 0. The number of rotatable bonds is 6. The minimum absolute atomic E-state index is 0.0824. The molecule has 1 rings (SSSR count). The van der Waals surface area contributed by atoms with Crippen molar-refractivity contribution in [2.45, 2.75) is 12.5 Å². The Kier molecular flexibility index (Phi) is 5.28. The second-order valence-corrected chi connectivity index (χ2v) is 3.92. The molecular weight excluding hydrogens is 266 g/mol. The summed E-state index contributed by atoms with van der Waals surface area (Å²) >= 11 is 0. The molecule has 1 atom stereocenters. The topological polar surface area (TPSA) is 124 Å². The van der Waals surface area contributed by atoms with Crippen LogP contribution in [-0.4, -0.2) is 39.2 Å². The van der Waals surface area contributed by atoms with Crippen LogP contribution in [0, 0.1) is 0 Å². The largest absolute Gasteiger partial charge is 0.508 e. The van der Waals surface area contributed by atoms with Gasteiger partial charge in [0.05, 0.1) is 6.42 Å². The Bertz CT molecular complexity index is 534. The fourth-order valence-corrected chi connectivity index (χ4v) is 1.35. The van der Waals surface area contributed by atoms with Crippen LogP contribution in [0.4, 0.5) is 0 Å². The second kappa shape index (κ2) is 6.93. The predicted octanol–water partition coefficient (Wildman–Crippen LogP) is 0.449. The van der Waals surface area contributed by atoms with Crippen molar-refractivity contribution in [3.05, 3.63) is 35.9 Å². The van der Waals surface area contributed by atoms with Gasteiger partial charge in [-0.05, 0) is 23.8 Å². The zero-order valence-electron chi connectivity index (χ0n) is 10.3. The molecule has 0 aliphatic rings. The van der Waals surface area contributed by atoms with Gasteiger partial charge in [0.25, 0.3) is 0 Å². The molecule has 0 fully saturated rings. The van der Waals surface area contributed by atoms with Gasteiger partial charge in [0.2, 0.25) is 5.91 Å². The van der Waals surface area contributed by atoms with Crippen LogP contribution in [0.3, 0.4) is 0 Å². The van der Waals surface area contributed by atoms with E-state index in [9.17, 15) is 14.4 Å². The maximum Gasteiger partial charge on any atom is 0.326 e. The molecule has 0 saturated heterocycles. The lowest BCUT2D eigenvalue weighted by Gasteiger charge is -2.10. The van der Waals surface area contributed by atoms with Gasteiger partial charge in [-0.3, -0.25) is 9.59 Å². The molecule has 0 aliphatic heterocycles. The van der Waals surface area contributed by atoms with Crippen LogP contribution in [0.2, 0.25) is 0 Å². The quantitative estimate of drug-likeness (QED) is 0.560. The Morgan fingerprint density at radius 2 is 1.75 bits per heavy atom. The van der Waals surface area contributed by atoms with Gasteiger partial charge < -0.3 is 20.6 Å². The fourth-order valence-electron chi connectivity index (χ4n) is 1.35. The Morgan fingerprint density at radius 3 is 2.25 bits per heavy atom. The number of carboxylic acid groups (broad SMARTS) is 2. The molecule has 1 aromatic rings. The van der Waals surface area contributed by atoms with Crippen molar-refractivity contribution in [3.63, 3.8) is 0 Å². The average Bonchev–Trinajstić information content (AvgIpc) is 2.36. The Hall–Kier alpha value is -2.83. The Morgan fingerprint density at radius 1 is 1.15 bits per heavy atom. The molecule has 7 heteroatoms. The van der Waals surface area contributed by atoms with E-state index >= 15 is 0 Å². The number of nitrogens with one attached hydrogen (secondary N) is 1. The van der Waals surface area contributed by atoms with Gasteiger partial charge >= 0.3 is 11.9 Å². The molecule has 4 N–H and O–H groups in total. The van der Waals surface area contributed by atoms with Crippen molar-refractivity contribution in [2.75, 3.05) is 0 Å². The number of phenolic OH excluding ortho intramolecular Hbond substituents is 1. The highest BCUT2D eigenvalue weighted by Crippen LogP contribution is 2.10. The van der Waals surface area contributed by atoms with E-state index in [2.05, 4.69) is 5.32 Å². The number of amides is 1. The van der Waals surface area contributed by atoms with Crippen molar-refractivity contribution in [1.82, 2.24) is 5.32 Å². The normalized spacial score (nSPS) is 12.0. The first-order chi connectivity index (χ1) is 9.38. The number of aliphatic carboxylic acids is 2. The molecule has 0 aliphatic carbocycles. The molecule has 0 radical (unpaired) electrons. The predicted molar refractivity (Wildman–Crippen MR) is 69.0 cm³/mol. The summed E-state index contributed by atoms with van der Waals surface area (Å²) in [5.74, 6) is -3.37. The van der Waals surface area contributed by atoms with Crippen molar-refractivity contribution in [2.24, 2.45) is 0 Å². The minimum atomic E-state index is -1.48. The summed E-state index contributed by atoms with van der Waals surface area (Å²) in [5, 5.41) is 28.4. The van der Waals surface area contributed by atoms with Gasteiger partial charge in [-0.2, -0.15) is 0 Å². The third-order valence-corrected chi connectivity index (χ3v) is 2.31. The van der Waals surface area contributed by atoms with E-state index in [1.54, 1.807) is 12.1 Å². The van der Waals surface area contributed by atoms with Gasteiger partial charge in [0.15, 0.2) is 0 Å². The lowest BCUT2D eigenvalue weighted by Crippen LogP contribution is -2.41. The summed E-state index contributed by atoms with van der Waals surface area (Å²) in [5.41, 5.74) is 0.628. The van der Waals surface area contributed by atoms with E-state index in [1.807, 2.05) is 0 Å². The number of hydrogen-bond donors (Lipinski definition) is 4. The van der Waals surface area contributed by atoms with Gasteiger partial charge in [-0.15, -0.1) is 0 Å². The number of carbonyl (C=O) groups is 3. The number of benzene rings is 1. The molecule has 0 unspecified atom stereocenters. The van der Waals surface area contributed by atoms with Gasteiger partial charge in [-0.25, -0.2) is 4.79 Å². The minimum Gasteiger partial charge on any atom is -0.508 e. The highest BCUT2D eigenvalue weighted by molar-refractivity contribution is 5.95. The van der Waals surface area contributed by atoms with Crippen LogP contribution >= 0.6 is 0 Å². The number of carboxylic acids is 2. The van der Waals surface area contributed by atoms with E-state index < -0.39 is 30.3 Å². The highest BCUT2D eigenvalue weighted by Gasteiger charge is 2.21. The first-order valence-corrected chi connectivity index (χ1v) is 5.60. The number of hydrogen-bond acceptors (Lipinski definition) is 4. The highest BCUT2D eigenvalue weighted by atomic mass is 16.4. The third kappa shape index (κ3) is 5.21. The summed E-state index contributed by atoms with van der Waals surface area (Å²) in [6.07, 6.45) is 1.80. The SMILES string of the molecule is O=C(O)C[C@@H](NC(=O)/C=C/c1ccc(O)cc1)C(=O)O. The van der Waals surface area contributed by atoms with Crippen molar-refractivity contribution >= 4 is 23.9 Å². The standard InChI is InChI=1S/C13H13NO6/c15-9-4-1-8(2-5-9)3-6-11(16)14-10(13(19)20)7-12(17)18/h1-6,10,15H,7H2,(H,14,16)(H,17,18)(H,19,20)/b6-3+/t10-/m1/s1. The van der Waals surface area contributed by atoms with Crippen LogP contribution in [-0.2, 0) is 14.4 Å². The molecular formula is C13H13NO6. The number of carbonyl (C=O) groups excluding carboxylic acids is 1. The van der Waals surface area contributed by atoms with E-state index in [0.29, 0.717) is 5.56 Å². The maximum absolute atomic E-state index is 11.5. The fraction of sp³-hybridized carbons (Fsp3) is 0.154. The molecule has 0 heterocycles. The smallest absolute Gasteiger partial charge is 0.326 e. The van der Waals surface area contributed by atoms with Crippen LogP contribution in [0.1, 0.15) is 12.0 Å². The van der Waals surface area contributed by atoms with E-state index in [0.717, 1.165) is 6.08 Å². The van der Waals surface area contributed by atoms with Crippen molar-refractivity contribution in [1.29, 1.82) is 0 Å². The van der Waals surface area contributed by atoms with Crippen molar-refractivity contribution in [3.8, 4) is 5.75 Å². The molecule has 0 bridgehead atoms. The lowest BCUT2D eigenvalue weighted by atomic mass is 10.2. The maximum atomic E-state index is 11.5. The summed E-state index contributed by atoms with van der Waals surface area (Å²) in [7, 11) is 0. The molecule has 106 valence electrons. The van der Waals surface area contributed by atoms with Crippen molar-refractivity contribution < 1.29 is 29.7 Å². The summed E-state index contributed by atoms with van der Waals surface area (Å²) in [4.78, 5) is 32.7. The first-order valence-electron chi connectivity index (χ1n) is 5.60. The van der Waals surface area contributed by atoms with Crippen LogP contribution < -0.4 is 5.32 Å². The Labute approximate surface area is 114 Å². The lowest BCUT2D eigenvalue weighted by molar-refractivity contribution is -0.146. The molecule has 0 saturated carbocycles.